The van der Waals surface area contributed by atoms with Crippen LogP contribution < -0.4 is 11.1 Å². The molecule has 0 aliphatic carbocycles. The van der Waals surface area contributed by atoms with Crippen molar-refractivity contribution in [2.75, 3.05) is 0 Å². The highest BCUT2D eigenvalue weighted by molar-refractivity contribution is 5.92. The summed E-state index contributed by atoms with van der Waals surface area (Å²) in [6, 6.07) is 8.80. The molecule has 144 valence electrons. The quantitative estimate of drug-likeness (QED) is 0.722. The standard InChI is InChI=1S/C20H26N4O3/c1-12(2)14(11-24-15-8-6-7-9-16(15)27-19(24)26)21-18(25)13-10-17(23-22-13)20(3,4)5/h6-10,12,14H,11H2,1-5H3,(H,21,25)(H,22,23)/t14-/m0/s1. The second kappa shape index (κ2) is 7.06. The molecule has 0 radical (unpaired) electrons. The van der Waals surface area contributed by atoms with E-state index in [1.165, 1.54) is 0 Å². The fourth-order valence-electron chi connectivity index (χ4n) is 2.87. The third-order valence-electron chi connectivity index (χ3n) is 4.69. The van der Waals surface area contributed by atoms with E-state index in [-0.39, 0.29) is 23.3 Å². The summed E-state index contributed by atoms with van der Waals surface area (Å²) in [5.41, 5.74) is 2.38. The Balaban J connectivity index is 1.82. The van der Waals surface area contributed by atoms with Gasteiger partial charge < -0.3 is 9.73 Å². The SMILES string of the molecule is CC(C)[C@H](Cn1c(=O)oc2ccccc21)NC(=O)c1cc(C(C)(C)C)[nH]n1. The summed E-state index contributed by atoms with van der Waals surface area (Å²) >= 11 is 0. The molecule has 1 amide bonds. The number of oxazole rings is 1. The monoisotopic (exact) mass is 370 g/mol. The molecule has 0 unspecified atom stereocenters. The Morgan fingerprint density at radius 3 is 2.63 bits per heavy atom. The molecule has 1 aromatic carbocycles. The van der Waals surface area contributed by atoms with Crippen molar-refractivity contribution in [2.45, 2.75) is 52.6 Å². The zero-order chi connectivity index (χ0) is 19.8. The van der Waals surface area contributed by atoms with Crippen LogP contribution in [-0.2, 0) is 12.0 Å². The molecule has 27 heavy (non-hydrogen) atoms. The van der Waals surface area contributed by atoms with E-state index in [9.17, 15) is 9.59 Å². The summed E-state index contributed by atoms with van der Waals surface area (Å²) in [6.45, 7) is 10.5. The summed E-state index contributed by atoms with van der Waals surface area (Å²) in [5, 5.41) is 10.1. The average molecular weight is 370 g/mol. The Labute approximate surface area is 157 Å². The van der Waals surface area contributed by atoms with E-state index in [0.717, 1.165) is 11.2 Å². The number of para-hydroxylation sites is 2. The van der Waals surface area contributed by atoms with Crippen LogP contribution in [0.1, 0.15) is 50.8 Å². The maximum absolute atomic E-state index is 12.7. The van der Waals surface area contributed by atoms with Gasteiger partial charge in [0.1, 0.15) is 5.69 Å². The van der Waals surface area contributed by atoms with Gasteiger partial charge in [0.05, 0.1) is 5.52 Å². The molecule has 2 heterocycles. The number of H-pyrrole nitrogens is 1. The number of aromatic amines is 1. The minimum Gasteiger partial charge on any atom is -0.408 e. The molecule has 0 fully saturated rings. The number of hydrogen-bond acceptors (Lipinski definition) is 4. The first kappa shape index (κ1) is 18.9. The number of nitrogens with zero attached hydrogens (tertiary/aromatic N) is 2. The molecule has 0 saturated carbocycles. The largest absolute Gasteiger partial charge is 0.420 e. The molecular weight excluding hydrogens is 344 g/mol. The van der Waals surface area contributed by atoms with Crippen molar-refractivity contribution in [1.82, 2.24) is 20.1 Å². The van der Waals surface area contributed by atoms with E-state index in [4.69, 9.17) is 4.42 Å². The fourth-order valence-corrected chi connectivity index (χ4v) is 2.87. The van der Waals surface area contributed by atoms with Gasteiger partial charge in [-0.3, -0.25) is 14.5 Å². The van der Waals surface area contributed by atoms with Gasteiger partial charge in [-0.15, -0.1) is 0 Å². The molecule has 0 saturated heterocycles. The van der Waals surface area contributed by atoms with Gasteiger partial charge in [0, 0.05) is 23.7 Å². The van der Waals surface area contributed by atoms with Crippen LogP contribution >= 0.6 is 0 Å². The van der Waals surface area contributed by atoms with E-state index in [1.807, 2.05) is 32.0 Å². The molecule has 7 heteroatoms. The zero-order valence-corrected chi connectivity index (χ0v) is 16.4. The normalized spacial score (nSPS) is 13.3. The van der Waals surface area contributed by atoms with Gasteiger partial charge in [-0.05, 0) is 24.1 Å². The molecule has 0 spiro atoms. The summed E-state index contributed by atoms with van der Waals surface area (Å²) in [7, 11) is 0. The highest BCUT2D eigenvalue weighted by atomic mass is 16.4. The molecule has 2 N–H and O–H groups in total. The second-order valence-corrected chi connectivity index (χ2v) is 8.19. The topological polar surface area (TPSA) is 92.9 Å². The van der Waals surface area contributed by atoms with Crippen LogP contribution in [0.5, 0.6) is 0 Å². The first-order valence-corrected chi connectivity index (χ1v) is 9.12. The van der Waals surface area contributed by atoms with Crippen molar-refractivity contribution in [3.8, 4) is 0 Å². The summed E-state index contributed by atoms with van der Waals surface area (Å²) in [6.07, 6.45) is 0. The van der Waals surface area contributed by atoms with Gasteiger partial charge in [0.15, 0.2) is 5.58 Å². The lowest BCUT2D eigenvalue weighted by molar-refractivity contribution is 0.0915. The zero-order valence-electron chi connectivity index (χ0n) is 16.4. The van der Waals surface area contributed by atoms with Crippen molar-refractivity contribution >= 4 is 17.0 Å². The Kier molecular flexibility index (Phi) is 4.95. The number of amides is 1. The number of aromatic nitrogens is 3. The van der Waals surface area contributed by atoms with E-state index in [2.05, 4.69) is 36.3 Å². The molecule has 2 aromatic heterocycles. The fraction of sp³-hybridized carbons (Fsp3) is 0.450. The van der Waals surface area contributed by atoms with Crippen LogP contribution in [0.3, 0.4) is 0 Å². The van der Waals surface area contributed by atoms with Crippen LogP contribution in [0.25, 0.3) is 11.1 Å². The van der Waals surface area contributed by atoms with Crippen molar-refractivity contribution in [1.29, 1.82) is 0 Å². The Bertz CT molecular complexity index is 1000. The predicted octanol–water partition coefficient (Wildman–Crippen LogP) is 3.07. The Hall–Kier alpha value is -2.83. The van der Waals surface area contributed by atoms with Crippen LogP contribution in [0.4, 0.5) is 0 Å². The molecular formula is C20H26N4O3. The van der Waals surface area contributed by atoms with Gasteiger partial charge in [0.2, 0.25) is 0 Å². The maximum atomic E-state index is 12.7. The van der Waals surface area contributed by atoms with Gasteiger partial charge in [0.25, 0.3) is 5.91 Å². The lowest BCUT2D eigenvalue weighted by atomic mass is 9.92. The number of carbonyl (C=O) groups is 1. The molecule has 7 nitrogen and oxygen atoms in total. The average Bonchev–Trinajstić information content (AvgIpc) is 3.19. The van der Waals surface area contributed by atoms with Gasteiger partial charge in [-0.25, -0.2) is 4.79 Å². The molecule has 0 aliphatic rings. The number of nitrogens with one attached hydrogen (secondary N) is 2. The third kappa shape index (κ3) is 3.97. The highest BCUT2D eigenvalue weighted by Gasteiger charge is 2.24. The number of carbonyl (C=O) groups excluding carboxylic acids is 1. The smallest absolute Gasteiger partial charge is 0.408 e. The van der Waals surface area contributed by atoms with Crippen LogP contribution in [0, 0.1) is 5.92 Å². The third-order valence-corrected chi connectivity index (χ3v) is 4.69. The Morgan fingerprint density at radius 1 is 1.30 bits per heavy atom. The maximum Gasteiger partial charge on any atom is 0.420 e. The van der Waals surface area contributed by atoms with E-state index < -0.39 is 5.76 Å². The first-order valence-electron chi connectivity index (χ1n) is 9.12. The first-order chi connectivity index (χ1) is 12.7. The van der Waals surface area contributed by atoms with Crippen molar-refractivity contribution in [3.05, 3.63) is 52.3 Å². The van der Waals surface area contributed by atoms with Crippen LogP contribution in [0.2, 0.25) is 0 Å². The lowest BCUT2D eigenvalue weighted by Gasteiger charge is -2.22. The van der Waals surface area contributed by atoms with E-state index in [0.29, 0.717) is 17.8 Å². The number of hydrogen-bond donors (Lipinski definition) is 2. The minimum atomic E-state index is -0.425. The lowest BCUT2D eigenvalue weighted by Crippen LogP contribution is -2.43. The van der Waals surface area contributed by atoms with Crippen molar-refractivity contribution in [2.24, 2.45) is 5.92 Å². The van der Waals surface area contributed by atoms with Crippen molar-refractivity contribution < 1.29 is 9.21 Å². The number of rotatable bonds is 5. The second-order valence-electron chi connectivity index (χ2n) is 8.19. The summed E-state index contributed by atoms with van der Waals surface area (Å²) in [5.74, 6) is -0.567. The molecule has 0 aliphatic heterocycles. The molecule has 0 bridgehead atoms. The molecule has 3 rings (SSSR count). The highest BCUT2D eigenvalue weighted by Crippen LogP contribution is 2.20. The minimum absolute atomic E-state index is 0.119. The number of fused-ring (bicyclic) bond motifs is 1. The van der Waals surface area contributed by atoms with Gasteiger partial charge >= 0.3 is 5.76 Å². The van der Waals surface area contributed by atoms with Gasteiger partial charge in [-0.2, -0.15) is 5.10 Å². The predicted molar refractivity (Wildman–Crippen MR) is 104 cm³/mol. The van der Waals surface area contributed by atoms with Gasteiger partial charge in [-0.1, -0.05) is 46.8 Å². The number of benzene rings is 1. The van der Waals surface area contributed by atoms with E-state index in [1.54, 1.807) is 16.7 Å². The van der Waals surface area contributed by atoms with Crippen LogP contribution in [0.15, 0.2) is 39.5 Å². The summed E-state index contributed by atoms with van der Waals surface area (Å²) < 4.78 is 6.85. The molecule has 3 aromatic rings. The summed E-state index contributed by atoms with van der Waals surface area (Å²) in [4.78, 5) is 24.9. The Morgan fingerprint density at radius 2 is 2.00 bits per heavy atom. The van der Waals surface area contributed by atoms with E-state index >= 15 is 0 Å². The van der Waals surface area contributed by atoms with Crippen molar-refractivity contribution in [3.63, 3.8) is 0 Å². The molecule has 1 atom stereocenters. The van der Waals surface area contributed by atoms with Crippen LogP contribution in [-0.4, -0.2) is 26.7 Å².